The van der Waals surface area contributed by atoms with Crippen LogP contribution >= 0.6 is 0 Å². The fourth-order valence-electron chi connectivity index (χ4n) is 2.74. The van der Waals surface area contributed by atoms with Crippen molar-refractivity contribution in [3.63, 3.8) is 0 Å². The molecule has 1 unspecified atom stereocenters. The molecule has 1 aliphatic heterocycles. The largest absolute Gasteiger partial charge is 0.481 e. The molecule has 1 N–H and O–H groups in total. The van der Waals surface area contributed by atoms with Gasteiger partial charge in [0, 0.05) is 31.2 Å². The first-order chi connectivity index (χ1) is 8.97. The zero-order valence-corrected chi connectivity index (χ0v) is 11.7. The Morgan fingerprint density at radius 3 is 2.95 bits per heavy atom. The smallest absolute Gasteiger partial charge is 0.303 e. The summed E-state index contributed by atoms with van der Waals surface area (Å²) in [6.45, 7) is 6.10. The van der Waals surface area contributed by atoms with E-state index in [1.807, 2.05) is 18.2 Å². The van der Waals surface area contributed by atoms with E-state index in [1.165, 1.54) is 0 Å². The summed E-state index contributed by atoms with van der Waals surface area (Å²) in [4.78, 5) is 17.6. The first-order valence-electron chi connectivity index (χ1n) is 6.84. The Morgan fingerprint density at radius 1 is 1.53 bits per heavy atom. The number of hydrogen-bond acceptors (Lipinski definition) is 3. The van der Waals surface area contributed by atoms with Gasteiger partial charge in [-0.1, -0.05) is 6.07 Å². The highest BCUT2D eigenvalue weighted by atomic mass is 16.4. The lowest BCUT2D eigenvalue weighted by molar-refractivity contribution is -0.139. The molecule has 4 nitrogen and oxygen atoms in total. The number of nitrogens with zero attached hydrogens (tertiary/aromatic N) is 2. The number of aromatic nitrogens is 1. The van der Waals surface area contributed by atoms with Crippen LogP contribution in [0.15, 0.2) is 24.4 Å². The first kappa shape index (κ1) is 14.0. The van der Waals surface area contributed by atoms with Gasteiger partial charge in [0.1, 0.15) is 0 Å². The van der Waals surface area contributed by atoms with Crippen LogP contribution in [0, 0.1) is 5.92 Å². The monoisotopic (exact) mass is 262 g/mol. The zero-order valence-electron chi connectivity index (χ0n) is 11.7. The minimum Gasteiger partial charge on any atom is -0.481 e. The van der Waals surface area contributed by atoms with E-state index in [4.69, 9.17) is 5.11 Å². The lowest BCUT2D eigenvalue weighted by Gasteiger charge is -2.45. The Labute approximate surface area is 114 Å². The van der Waals surface area contributed by atoms with Crippen LogP contribution in [0.3, 0.4) is 0 Å². The number of aliphatic carboxylic acids is 1. The van der Waals surface area contributed by atoms with Gasteiger partial charge in [0.05, 0.1) is 5.69 Å². The third-order valence-corrected chi connectivity index (χ3v) is 4.04. The Hall–Kier alpha value is -1.42. The van der Waals surface area contributed by atoms with Crippen molar-refractivity contribution in [2.75, 3.05) is 6.54 Å². The maximum atomic E-state index is 10.9. The average Bonchev–Trinajstić information content (AvgIpc) is 2.34. The van der Waals surface area contributed by atoms with Crippen LogP contribution in [0.2, 0.25) is 0 Å². The van der Waals surface area contributed by atoms with Gasteiger partial charge in [-0.25, -0.2) is 0 Å². The van der Waals surface area contributed by atoms with E-state index in [0.717, 1.165) is 31.6 Å². The summed E-state index contributed by atoms with van der Waals surface area (Å²) in [7, 11) is 0. The highest BCUT2D eigenvalue weighted by Crippen LogP contribution is 2.32. The lowest BCUT2D eigenvalue weighted by Crippen LogP contribution is -2.50. The molecule has 104 valence electrons. The maximum Gasteiger partial charge on any atom is 0.303 e. The highest BCUT2D eigenvalue weighted by molar-refractivity contribution is 5.67. The number of carboxylic acids is 1. The van der Waals surface area contributed by atoms with E-state index >= 15 is 0 Å². The van der Waals surface area contributed by atoms with Crippen molar-refractivity contribution in [3.8, 4) is 0 Å². The van der Waals surface area contributed by atoms with Gasteiger partial charge >= 0.3 is 5.97 Å². The van der Waals surface area contributed by atoms with Crippen molar-refractivity contribution < 1.29 is 9.90 Å². The van der Waals surface area contributed by atoms with Crippen molar-refractivity contribution in [3.05, 3.63) is 30.1 Å². The molecule has 0 amide bonds. The van der Waals surface area contributed by atoms with E-state index in [9.17, 15) is 4.79 Å². The normalized spacial score (nSPS) is 23.2. The SMILES string of the molecule is CC1(C)CCC(CC(=O)O)CN1Cc1ccccn1. The standard InChI is InChI=1S/C15H22N2O2/c1-15(2)7-6-12(9-14(18)19)10-17(15)11-13-5-3-4-8-16-13/h3-5,8,12H,6-7,9-11H2,1-2H3,(H,18,19). The molecular formula is C15H22N2O2. The van der Waals surface area contributed by atoms with Gasteiger partial charge in [0.15, 0.2) is 0 Å². The molecule has 1 fully saturated rings. The van der Waals surface area contributed by atoms with Crippen molar-refractivity contribution >= 4 is 5.97 Å². The minimum absolute atomic E-state index is 0.118. The molecule has 0 saturated carbocycles. The number of carbonyl (C=O) groups is 1. The molecule has 1 aromatic heterocycles. The van der Waals surface area contributed by atoms with E-state index in [2.05, 4.69) is 23.7 Å². The summed E-state index contributed by atoms with van der Waals surface area (Å²) in [6, 6.07) is 5.93. The molecule has 0 bridgehead atoms. The number of likely N-dealkylation sites (tertiary alicyclic amines) is 1. The molecule has 0 aliphatic carbocycles. The summed E-state index contributed by atoms with van der Waals surface area (Å²) in [5.41, 5.74) is 1.17. The molecular weight excluding hydrogens is 240 g/mol. The molecule has 1 aromatic rings. The number of carboxylic acid groups (broad SMARTS) is 1. The number of rotatable bonds is 4. The summed E-state index contributed by atoms with van der Waals surface area (Å²) in [5, 5.41) is 8.94. The third-order valence-electron chi connectivity index (χ3n) is 4.04. The third kappa shape index (κ3) is 3.77. The molecule has 2 rings (SSSR count). The predicted octanol–water partition coefficient (Wildman–Crippen LogP) is 2.55. The van der Waals surface area contributed by atoms with E-state index < -0.39 is 5.97 Å². The second-order valence-corrected chi connectivity index (χ2v) is 6.02. The quantitative estimate of drug-likeness (QED) is 0.906. The van der Waals surface area contributed by atoms with Gasteiger partial charge in [-0.3, -0.25) is 14.7 Å². The van der Waals surface area contributed by atoms with Gasteiger partial charge in [-0.2, -0.15) is 0 Å². The zero-order chi connectivity index (χ0) is 13.9. The first-order valence-corrected chi connectivity index (χ1v) is 6.84. The molecule has 2 heterocycles. The van der Waals surface area contributed by atoms with Gasteiger partial charge in [0.25, 0.3) is 0 Å². The van der Waals surface area contributed by atoms with Crippen LogP contribution in [0.25, 0.3) is 0 Å². The molecule has 0 spiro atoms. The summed E-state index contributed by atoms with van der Waals surface area (Å²) >= 11 is 0. The molecule has 1 aliphatic rings. The molecule has 19 heavy (non-hydrogen) atoms. The second-order valence-electron chi connectivity index (χ2n) is 6.02. The molecule has 1 atom stereocenters. The van der Waals surface area contributed by atoms with Crippen molar-refractivity contribution in [2.45, 2.75) is 45.2 Å². The Balaban J connectivity index is 2.04. The molecule has 1 saturated heterocycles. The van der Waals surface area contributed by atoms with Crippen molar-refractivity contribution in [1.82, 2.24) is 9.88 Å². The number of hydrogen-bond donors (Lipinski definition) is 1. The predicted molar refractivity (Wildman–Crippen MR) is 73.7 cm³/mol. The van der Waals surface area contributed by atoms with Crippen LogP contribution in [-0.4, -0.2) is 33.0 Å². The molecule has 0 radical (unpaired) electrons. The molecule has 4 heteroatoms. The van der Waals surface area contributed by atoms with E-state index in [-0.39, 0.29) is 17.9 Å². The van der Waals surface area contributed by atoms with Crippen LogP contribution < -0.4 is 0 Å². The van der Waals surface area contributed by atoms with Crippen LogP contribution in [0.4, 0.5) is 0 Å². The van der Waals surface area contributed by atoms with Crippen LogP contribution in [0.5, 0.6) is 0 Å². The summed E-state index contributed by atoms with van der Waals surface area (Å²) < 4.78 is 0. The number of piperidine rings is 1. The van der Waals surface area contributed by atoms with E-state index in [1.54, 1.807) is 6.20 Å². The van der Waals surface area contributed by atoms with E-state index in [0.29, 0.717) is 0 Å². The maximum absolute atomic E-state index is 10.9. The van der Waals surface area contributed by atoms with Gasteiger partial charge in [0.2, 0.25) is 0 Å². The number of pyridine rings is 1. The van der Waals surface area contributed by atoms with Crippen LogP contribution in [-0.2, 0) is 11.3 Å². The van der Waals surface area contributed by atoms with Crippen molar-refractivity contribution in [2.24, 2.45) is 5.92 Å². The van der Waals surface area contributed by atoms with Crippen molar-refractivity contribution in [1.29, 1.82) is 0 Å². The fourth-order valence-corrected chi connectivity index (χ4v) is 2.74. The Kier molecular flexibility index (Phi) is 4.20. The highest BCUT2D eigenvalue weighted by Gasteiger charge is 2.34. The lowest BCUT2D eigenvalue weighted by atomic mass is 9.83. The Bertz CT molecular complexity index is 431. The van der Waals surface area contributed by atoms with Gasteiger partial charge in [-0.15, -0.1) is 0 Å². The minimum atomic E-state index is -0.692. The Morgan fingerprint density at radius 2 is 2.32 bits per heavy atom. The topological polar surface area (TPSA) is 53.4 Å². The van der Waals surface area contributed by atoms with Gasteiger partial charge < -0.3 is 5.11 Å². The van der Waals surface area contributed by atoms with Crippen LogP contribution in [0.1, 0.15) is 38.8 Å². The average molecular weight is 262 g/mol. The fraction of sp³-hybridized carbons (Fsp3) is 0.600. The van der Waals surface area contributed by atoms with Gasteiger partial charge in [-0.05, 0) is 44.7 Å². The summed E-state index contributed by atoms with van der Waals surface area (Å²) in [6.07, 6.45) is 4.12. The second kappa shape index (κ2) is 5.70. The summed E-state index contributed by atoms with van der Waals surface area (Å²) in [5.74, 6) is -0.434. The molecule has 0 aromatic carbocycles.